The third kappa shape index (κ3) is 6.07. The van der Waals surface area contributed by atoms with Gasteiger partial charge < -0.3 is 10.6 Å². The molecular formula is C16H24N4O3. The minimum atomic E-state index is -0.744. The third-order valence-corrected chi connectivity index (χ3v) is 3.11. The van der Waals surface area contributed by atoms with Gasteiger partial charge in [-0.3, -0.25) is 19.8 Å². The van der Waals surface area contributed by atoms with E-state index >= 15 is 0 Å². The van der Waals surface area contributed by atoms with Crippen LogP contribution in [-0.4, -0.2) is 49.4 Å². The maximum absolute atomic E-state index is 12.4. The van der Waals surface area contributed by atoms with Gasteiger partial charge >= 0.3 is 6.03 Å². The number of imide groups is 1. The number of amides is 4. The van der Waals surface area contributed by atoms with E-state index in [1.54, 1.807) is 36.2 Å². The minimum Gasteiger partial charge on any atom is -0.353 e. The largest absolute Gasteiger partial charge is 0.353 e. The van der Waals surface area contributed by atoms with E-state index in [9.17, 15) is 14.4 Å². The summed E-state index contributed by atoms with van der Waals surface area (Å²) in [7, 11) is 3.10. The molecule has 0 aromatic heterocycles. The average Bonchev–Trinajstić information content (AvgIpc) is 2.47. The van der Waals surface area contributed by atoms with Crippen molar-refractivity contribution in [3.8, 4) is 0 Å². The molecule has 23 heavy (non-hydrogen) atoms. The molecule has 1 aromatic rings. The summed E-state index contributed by atoms with van der Waals surface area (Å²) in [5, 5.41) is 7.38. The SMILES string of the molecule is CNC(=O)NC(=O)[C@H](c1ccccc1)N(C)CC(=O)NC(C)C. The summed E-state index contributed by atoms with van der Waals surface area (Å²) in [6, 6.07) is 7.70. The molecule has 0 heterocycles. The summed E-state index contributed by atoms with van der Waals surface area (Å²) in [4.78, 5) is 37.4. The minimum absolute atomic E-state index is 0.0192. The monoisotopic (exact) mass is 320 g/mol. The summed E-state index contributed by atoms with van der Waals surface area (Å²) in [5.41, 5.74) is 0.703. The number of rotatable bonds is 6. The van der Waals surface area contributed by atoms with Crippen LogP contribution in [0.3, 0.4) is 0 Å². The van der Waals surface area contributed by atoms with Crippen molar-refractivity contribution in [1.82, 2.24) is 20.9 Å². The molecule has 0 saturated carbocycles. The molecule has 7 nitrogen and oxygen atoms in total. The van der Waals surface area contributed by atoms with E-state index in [1.807, 2.05) is 19.9 Å². The summed E-state index contributed by atoms with van der Waals surface area (Å²) < 4.78 is 0. The molecule has 7 heteroatoms. The number of likely N-dealkylation sites (N-methyl/N-ethyl adjacent to an activating group) is 1. The Labute approximate surface area is 136 Å². The van der Waals surface area contributed by atoms with E-state index in [-0.39, 0.29) is 18.5 Å². The summed E-state index contributed by atoms with van der Waals surface area (Å²) >= 11 is 0. The van der Waals surface area contributed by atoms with Gasteiger partial charge in [-0.25, -0.2) is 4.79 Å². The van der Waals surface area contributed by atoms with Crippen molar-refractivity contribution in [2.75, 3.05) is 20.6 Å². The van der Waals surface area contributed by atoms with Crippen LogP contribution in [0, 0.1) is 0 Å². The van der Waals surface area contributed by atoms with Crippen LogP contribution in [0.15, 0.2) is 30.3 Å². The van der Waals surface area contributed by atoms with E-state index in [0.717, 1.165) is 0 Å². The van der Waals surface area contributed by atoms with Crippen LogP contribution in [0.2, 0.25) is 0 Å². The molecule has 126 valence electrons. The second kappa shape index (κ2) is 8.89. The summed E-state index contributed by atoms with van der Waals surface area (Å²) in [5.74, 6) is -0.674. The van der Waals surface area contributed by atoms with Crippen LogP contribution in [0.4, 0.5) is 4.79 Å². The van der Waals surface area contributed by atoms with Gasteiger partial charge in [0.25, 0.3) is 0 Å². The molecule has 1 atom stereocenters. The Hall–Kier alpha value is -2.41. The quantitative estimate of drug-likeness (QED) is 0.717. The second-order valence-corrected chi connectivity index (χ2v) is 5.52. The van der Waals surface area contributed by atoms with Crippen molar-refractivity contribution in [2.45, 2.75) is 25.9 Å². The Morgan fingerprint density at radius 1 is 1.13 bits per heavy atom. The van der Waals surface area contributed by atoms with Crippen molar-refractivity contribution < 1.29 is 14.4 Å². The number of nitrogens with one attached hydrogen (secondary N) is 3. The maximum Gasteiger partial charge on any atom is 0.321 e. The zero-order chi connectivity index (χ0) is 17.4. The molecule has 0 fully saturated rings. The molecule has 0 aliphatic carbocycles. The fourth-order valence-corrected chi connectivity index (χ4v) is 2.17. The van der Waals surface area contributed by atoms with Crippen molar-refractivity contribution in [3.05, 3.63) is 35.9 Å². The topological polar surface area (TPSA) is 90.5 Å². The van der Waals surface area contributed by atoms with Gasteiger partial charge in [0.05, 0.1) is 6.54 Å². The van der Waals surface area contributed by atoms with Gasteiger partial charge in [-0.05, 0) is 26.5 Å². The Morgan fingerprint density at radius 2 is 1.74 bits per heavy atom. The van der Waals surface area contributed by atoms with Gasteiger partial charge in [0.15, 0.2) is 0 Å². The number of benzene rings is 1. The number of carbonyl (C=O) groups is 3. The van der Waals surface area contributed by atoms with Crippen LogP contribution >= 0.6 is 0 Å². The standard InChI is InChI=1S/C16H24N4O3/c1-11(2)18-13(21)10-20(4)14(12-8-6-5-7-9-12)15(22)19-16(23)17-3/h5-9,11,14H,10H2,1-4H3,(H,18,21)(H2,17,19,22,23)/t14-/m0/s1. The van der Waals surface area contributed by atoms with Crippen molar-refractivity contribution in [3.63, 3.8) is 0 Å². The van der Waals surface area contributed by atoms with Gasteiger partial charge in [0, 0.05) is 13.1 Å². The lowest BCUT2D eigenvalue weighted by Gasteiger charge is -2.27. The molecule has 0 saturated heterocycles. The predicted molar refractivity (Wildman–Crippen MR) is 87.7 cm³/mol. The Kier molecular flexibility index (Phi) is 7.21. The van der Waals surface area contributed by atoms with Crippen molar-refractivity contribution in [2.24, 2.45) is 0 Å². The van der Waals surface area contributed by atoms with Crippen LogP contribution < -0.4 is 16.0 Å². The highest BCUT2D eigenvalue weighted by atomic mass is 16.2. The average molecular weight is 320 g/mol. The number of urea groups is 1. The Balaban J connectivity index is 2.93. The van der Waals surface area contributed by atoms with E-state index in [0.29, 0.717) is 5.56 Å². The first kappa shape index (κ1) is 18.6. The highest BCUT2D eigenvalue weighted by Gasteiger charge is 2.27. The van der Waals surface area contributed by atoms with Gasteiger partial charge in [-0.1, -0.05) is 30.3 Å². The summed E-state index contributed by atoms with van der Waals surface area (Å²) in [6.45, 7) is 3.77. The van der Waals surface area contributed by atoms with Crippen LogP contribution in [0.25, 0.3) is 0 Å². The highest BCUT2D eigenvalue weighted by molar-refractivity contribution is 5.97. The van der Waals surface area contributed by atoms with E-state index in [1.165, 1.54) is 7.05 Å². The number of nitrogens with zero attached hydrogens (tertiary/aromatic N) is 1. The van der Waals surface area contributed by atoms with Crippen molar-refractivity contribution in [1.29, 1.82) is 0 Å². The molecule has 1 rings (SSSR count). The van der Waals surface area contributed by atoms with Gasteiger partial charge in [-0.2, -0.15) is 0 Å². The zero-order valence-corrected chi connectivity index (χ0v) is 13.9. The lowest BCUT2D eigenvalue weighted by Crippen LogP contribution is -2.47. The number of hydrogen-bond donors (Lipinski definition) is 3. The molecule has 0 aliphatic heterocycles. The van der Waals surface area contributed by atoms with Crippen LogP contribution in [-0.2, 0) is 9.59 Å². The van der Waals surface area contributed by atoms with Gasteiger partial charge in [-0.15, -0.1) is 0 Å². The highest BCUT2D eigenvalue weighted by Crippen LogP contribution is 2.19. The number of carbonyl (C=O) groups excluding carboxylic acids is 3. The fraction of sp³-hybridized carbons (Fsp3) is 0.438. The van der Waals surface area contributed by atoms with E-state index in [4.69, 9.17) is 0 Å². The first-order valence-corrected chi connectivity index (χ1v) is 7.42. The normalized spacial score (nSPS) is 11.9. The maximum atomic E-state index is 12.4. The van der Waals surface area contributed by atoms with E-state index in [2.05, 4.69) is 16.0 Å². The molecule has 0 unspecified atom stereocenters. The fourth-order valence-electron chi connectivity index (χ4n) is 2.17. The molecule has 0 spiro atoms. The molecule has 0 bridgehead atoms. The predicted octanol–water partition coefficient (Wildman–Crippen LogP) is 0.640. The molecular weight excluding hydrogens is 296 g/mol. The first-order valence-electron chi connectivity index (χ1n) is 7.42. The van der Waals surface area contributed by atoms with Crippen LogP contribution in [0.5, 0.6) is 0 Å². The van der Waals surface area contributed by atoms with Crippen LogP contribution in [0.1, 0.15) is 25.5 Å². The second-order valence-electron chi connectivity index (χ2n) is 5.52. The smallest absolute Gasteiger partial charge is 0.321 e. The molecule has 1 aromatic carbocycles. The van der Waals surface area contributed by atoms with Gasteiger partial charge in [0.1, 0.15) is 6.04 Å². The lowest BCUT2D eigenvalue weighted by molar-refractivity contribution is -0.127. The first-order chi connectivity index (χ1) is 10.8. The Morgan fingerprint density at radius 3 is 2.26 bits per heavy atom. The molecule has 4 amide bonds. The van der Waals surface area contributed by atoms with Crippen molar-refractivity contribution >= 4 is 17.8 Å². The molecule has 0 radical (unpaired) electrons. The Bertz CT molecular complexity index is 546. The number of hydrogen-bond acceptors (Lipinski definition) is 4. The van der Waals surface area contributed by atoms with Gasteiger partial charge in [0.2, 0.25) is 11.8 Å². The third-order valence-electron chi connectivity index (χ3n) is 3.11. The zero-order valence-electron chi connectivity index (χ0n) is 13.9. The summed E-state index contributed by atoms with van der Waals surface area (Å²) in [6.07, 6.45) is 0. The van der Waals surface area contributed by atoms with E-state index < -0.39 is 18.0 Å². The lowest BCUT2D eigenvalue weighted by atomic mass is 10.0. The molecule has 3 N–H and O–H groups in total. The molecule has 0 aliphatic rings.